The van der Waals surface area contributed by atoms with Crippen LogP contribution in [0.2, 0.25) is 0 Å². The van der Waals surface area contributed by atoms with Gasteiger partial charge in [-0.15, -0.1) is 0 Å². The van der Waals surface area contributed by atoms with Crippen LogP contribution in [0, 0.1) is 0 Å². The summed E-state index contributed by atoms with van der Waals surface area (Å²) in [4.78, 5) is 2.35. The van der Waals surface area contributed by atoms with Crippen LogP contribution in [-0.2, 0) is 17.7 Å². The molecule has 1 N–H and O–H groups in total. The number of hydrogen-bond donors (Lipinski definition) is 1. The van der Waals surface area contributed by atoms with Crippen LogP contribution in [0.15, 0.2) is 54.6 Å². The van der Waals surface area contributed by atoms with Gasteiger partial charge in [0.2, 0.25) is 5.88 Å². The van der Waals surface area contributed by atoms with Crippen molar-refractivity contribution in [3.8, 4) is 23.1 Å². The first-order chi connectivity index (χ1) is 17.0. The van der Waals surface area contributed by atoms with Crippen molar-refractivity contribution in [1.82, 2.24) is 14.7 Å². The highest BCUT2D eigenvalue weighted by molar-refractivity contribution is 5.44. The molecule has 1 heterocycles. The van der Waals surface area contributed by atoms with Crippen LogP contribution in [0.25, 0.3) is 5.69 Å². The zero-order valence-corrected chi connectivity index (χ0v) is 21.2. The average molecular weight is 480 g/mol. The Kier molecular flexibility index (Phi) is 8.44. The first kappa shape index (κ1) is 25.2. The molecule has 3 aromatic rings. The Balaban J connectivity index is 1.66. The van der Waals surface area contributed by atoms with Crippen molar-refractivity contribution in [2.45, 2.75) is 64.8 Å². The summed E-state index contributed by atoms with van der Waals surface area (Å²) < 4.78 is 19.3. The van der Waals surface area contributed by atoms with E-state index in [9.17, 15) is 5.11 Å². The topological polar surface area (TPSA) is 69.0 Å². The summed E-state index contributed by atoms with van der Waals surface area (Å²) in [7, 11) is 1.65. The Labute approximate surface area is 208 Å². The van der Waals surface area contributed by atoms with Gasteiger partial charge in [0.25, 0.3) is 0 Å². The minimum atomic E-state index is -0.543. The van der Waals surface area contributed by atoms with Crippen LogP contribution in [0.4, 0.5) is 0 Å². The minimum absolute atomic E-state index is 0.0966. The second-order valence-corrected chi connectivity index (χ2v) is 9.31. The minimum Gasteiger partial charge on any atom is -0.497 e. The number of ether oxygens (including phenoxy) is 3. The van der Waals surface area contributed by atoms with E-state index in [4.69, 9.17) is 19.3 Å². The summed E-state index contributed by atoms with van der Waals surface area (Å²) in [5, 5.41) is 15.6. The number of aryl methyl sites for hydroxylation is 1. The predicted octanol–water partition coefficient (Wildman–Crippen LogP) is 4.99. The number of aliphatic hydroxyl groups excluding tert-OH is 1. The van der Waals surface area contributed by atoms with Gasteiger partial charge in [-0.05, 0) is 69.5 Å². The van der Waals surface area contributed by atoms with Gasteiger partial charge < -0.3 is 19.3 Å². The molecule has 1 unspecified atom stereocenters. The van der Waals surface area contributed by atoms with Gasteiger partial charge in [0, 0.05) is 19.1 Å². The van der Waals surface area contributed by atoms with Gasteiger partial charge in [0.15, 0.2) is 0 Å². The third-order valence-corrected chi connectivity index (χ3v) is 6.12. The molecule has 1 aliphatic rings. The van der Waals surface area contributed by atoms with Gasteiger partial charge in [-0.25, -0.2) is 4.68 Å². The van der Waals surface area contributed by atoms with Crippen molar-refractivity contribution in [1.29, 1.82) is 0 Å². The summed E-state index contributed by atoms with van der Waals surface area (Å²) in [6.07, 6.45) is 2.62. The smallest absolute Gasteiger partial charge is 0.227 e. The summed E-state index contributed by atoms with van der Waals surface area (Å²) >= 11 is 0. The molecule has 0 radical (unpaired) electrons. The van der Waals surface area contributed by atoms with Crippen LogP contribution in [0.1, 0.15) is 44.9 Å². The molecule has 188 valence electrons. The quantitative estimate of drug-likeness (QED) is 0.373. The fraction of sp³-hybridized carbons (Fsp3) is 0.464. The fourth-order valence-electron chi connectivity index (χ4n) is 4.14. The van der Waals surface area contributed by atoms with Gasteiger partial charge >= 0.3 is 0 Å². The molecule has 1 atom stereocenters. The summed E-state index contributed by atoms with van der Waals surface area (Å²) in [6.45, 7) is 7.63. The number of hydrogen-bond acceptors (Lipinski definition) is 6. The van der Waals surface area contributed by atoms with Gasteiger partial charge in [0.1, 0.15) is 11.5 Å². The molecule has 1 saturated carbocycles. The van der Waals surface area contributed by atoms with E-state index in [-0.39, 0.29) is 6.10 Å². The van der Waals surface area contributed by atoms with Gasteiger partial charge in [0.05, 0.1) is 42.9 Å². The Hall–Kier alpha value is -2.87. The molecule has 0 bridgehead atoms. The summed E-state index contributed by atoms with van der Waals surface area (Å²) in [6, 6.07) is 18.1. The molecule has 35 heavy (non-hydrogen) atoms. The van der Waals surface area contributed by atoms with Crippen molar-refractivity contribution in [2.24, 2.45) is 0 Å². The molecular formula is C28H37N3O4. The molecule has 7 nitrogen and oxygen atoms in total. The van der Waals surface area contributed by atoms with Gasteiger partial charge in [-0.1, -0.05) is 25.1 Å². The maximum absolute atomic E-state index is 10.7. The molecule has 0 aliphatic heterocycles. The van der Waals surface area contributed by atoms with Crippen LogP contribution < -0.4 is 9.47 Å². The van der Waals surface area contributed by atoms with Crippen LogP contribution >= 0.6 is 0 Å². The van der Waals surface area contributed by atoms with Crippen molar-refractivity contribution in [3.63, 3.8) is 0 Å². The highest BCUT2D eigenvalue weighted by Gasteiger charge is 2.33. The number of nitrogens with zero attached hydrogens (tertiary/aromatic N) is 3. The maximum atomic E-state index is 10.7. The number of para-hydroxylation sites is 1. The Morgan fingerprint density at radius 3 is 2.34 bits per heavy atom. The van der Waals surface area contributed by atoms with Crippen LogP contribution in [-0.4, -0.2) is 58.3 Å². The van der Waals surface area contributed by atoms with E-state index in [0.29, 0.717) is 31.6 Å². The summed E-state index contributed by atoms with van der Waals surface area (Å²) in [5.41, 5.74) is 2.99. The monoisotopic (exact) mass is 479 g/mol. The molecule has 0 amide bonds. The number of methoxy groups -OCH3 is 1. The number of benzene rings is 2. The lowest BCUT2D eigenvalue weighted by Crippen LogP contribution is -2.36. The lowest BCUT2D eigenvalue weighted by Gasteiger charge is -2.26. The lowest BCUT2D eigenvalue weighted by atomic mass is 10.1. The van der Waals surface area contributed by atoms with Gasteiger partial charge in [-0.2, -0.15) is 5.10 Å². The first-order valence-corrected chi connectivity index (χ1v) is 12.5. The molecular weight excluding hydrogens is 442 g/mol. The first-order valence-electron chi connectivity index (χ1n) is 12.5. The maximum Gasteiger partial charge on any atom is 0.227 e. The van der Waals surface area contributed by atoms with E-state index in [1.807, 2.05) is 73.1 Å². The van der Waals surface area contributed by atoms with Crippen molar-refractivity contribution in [2.75, 3.05) is 20.3 Å². The fourth-order valence-corrected chi connectivity index (χ4v) is 4.14. The number of rotatable bonds is 13. The molecule has 7 heteroatoms. The predicted molar refractivity (Wildman–Crippen MR) is 137 cm³/mol. The SMILES string of the molecule is CCc1nn(-c2ccccc2)c(Oc2ccc(OC)cc2)c1CN(CC(O)COC(C)C)C1CC1. The molecule has 1 aromatic heterocycles. The van der Waals surface area contributed by atoms with Crippen LogP contribution in [0.5, 0.6) is 17.4 Å². The highest BCUT2D eigenvalue weighted by atomic mass is 16.5. The van der Waals surface area contributed by atoms with Gasteiger partial charge in [-0.3, -0.25) is 4.90 Å². The molecule has 1 fully saturated rings. The Morgan fingerprint density at radius 2 is 1.74 bits per heavy atom. The number of aromatic nitrogens is 2. The van der Waals surface area contributed by atoms with Crippen LogP contribution in [0.3, 0.4) is 0 Å². The molecule has 1 aliphatic carbocycles. The summed E-state index contributed by atoms with van der Waals surface area (Å²) in [5.74, 6) is 2.20. The van der Waals surface area contributed by atoms with Crippen molar-refractivity contribution >= 4 is 0 Å². The Morgan fingerprint density at radius 1 is 1.06 bits per heavy atom. The van der Waals surface area contributed by atoms with E-state index in [2.05, 4.69) is 11.8 Å². The van der Waals surface area contributed by atoms with E-state index in [0.717, 1.165) is 47.7 Å². The largest absolute Gasteiger partial charge is 0.497 e. The van der Waals surface area contributed by atoms with E-state index >= 15 is 0 Å². The highest BCUT2D eigenvalue weighted by Crippen LogP contribution is 2.36. The lowest BCUT2D eigenvalue weighted by molar-refractivity contribution is -0.0107. The van der Waals surface area contributed by atoms with E-state index in [1.165, 1.54) is 0 Å². The third kappa shape index (κ3) is 6.63. The van der Waals surface area contributed by atoms with Crippen molar-refractivity contribution < 1.29 is 19.3 Å². The second-order valence-electron chi connectivity index (χ2n) is 9.31. The van der Waals surface area contributed by atoms with E-state index in [1.54, 1.807) is 7.11 Å². The van der Waals surface area contributed by atoms with Crippen molar-refractivity contribution in [3.05, 3.63) is 65.9 Å². The third-order valence-electron chi connectivity index (χ3n) is 6.12. The standard InChI is InChI=1S/C28H37N3O4/c1-5-27-26(18-30(21-11-12-21)17-23(32)19-34-20(2)3)28(31(29-27)22-9-7-6-8-10-22)35-25-15-13-24(33-4)14-16-25/h6-10,13-16,20-21,23,32H,5,11-12,17-19H2,1-4H3. The molecule has 0 saturated heterocycles. The zero-order chi connectivity index (χ0) is 24.8. The average Bonchev–Trinajstić information content (AvgIpc) is 3.67. The molecule has 2 aromatic carbocycles. The normalized spacial score (nSPS) is 14.5. The molecule has 4 rings (SSSR count). The zero-order valence-electron chi connectivity index (χ0n) is 21.2. The number of aliphatic hydroxyl groups is 1. The Bertz CT molecular complexity index is 1060. The molecule has 0 spiro atoms. The van der Waals surface area contributed by atoms with E-state index < -0.39 is 6.10 Å². The second kappa shape index (κ2) is 11.7.